The maximum Gasteiger partial charge on any atom is 0.340 e. The van der Waals surface area contributed by atoms with Crippen molar-refractivity contribution in [3.05, 3.63) is 71.6 Å². The highest BCUT2D eigenvalue weighted by atomic mass is 32.1. The zero-order chi connectivity index (χ0) is 20.4. The van der Waals surface area contributed by atoms with Crippen LogP contribution in [0.5, 0.6) is 0 Å². The summed E-state index contributed by atoms with van der Waals surface area (Å²) >= 11 is 0.928. The molecule has 2 aromatic heterocycles. The van der Waals surface area contributed by atoms with Gasteiger partial charge < -0.3 is 15.7 Å². The number of nitrogens with one attached hydrogen (secondary N) is 3. The van der Waals surface area contributed by atoms with E-state index < -0.39 is 28.0 Å². The summed E-state index contributed by atoms with van der Waals surface area (Å²) in [6.45, 7) is -0.0824. The van der Waals surface area contributed by atoms with Crippen LogP contribution in [0.25, 0.3) is 0 Å². The van der Waals surface area contributed by atoms with E-state index in [1.807, 2.05) is 0 Å². The molecule has 0 fully saturated rings. The normalized spacial score (nSPS) is 10.6. The minimum Gasteiger partial charge on any atom is -0.478 e. The number of thiophene rings is 1. The molecule has 0 unspecified atom stereocenters. The second-order valence-corrected chi connectivity index (χ2v) is 6.54. The molecule has 2 heterocycles. The van der Waals surface area contributed by atoms with E-state index >= 15 is 0 Å². The summed E-state index contributed by atoms with van der Waals surface area (Å²) in [5.41, 5.74) is 0.387. The highest BCUT2D eigenvalue weighted by molar-refractivity contribution is 7.16. The lowest BCUT2D eigenvalue weighted by Crippen LogP contribution is -2.28. The summed E-state index contributed by atoms with van der Waals surface area (Å²) in [4.78, 5) is 56.1. The molecule has 12 nitrogen and oxygen atoms in total. The number of aromatic nitrogens is 1. The maximum atomic E-state index is 12.0. The molecule has 0 aliphatic heterocycles. The molecular weight excluding hydrogens is 394 g/mol. The van der Waals surface area contributed by atoms with Crippen LogP contribution >= 0.6 is 11.3 Å². The fourth-order valence-corrected chi connectivity index (χ4v) is 3.16. The number of carbonyl (C=O) groups excluding carboxylic acids is 1. The van der Waals surface area contributed by atoms with Gasteiger partial charge in [-0.1, -0.05) is 12.1 Å². The van der Waals surface area contributed by atoms with Gasteiger partial charge in [0.15, 0.2) is 0 Å². The predicted octanol–water partition coefficient (Wildman–Crippen LogP) is 0.949. The minimum absolute atomic E-state index is 0.00307. The third-order valence-corrected chi connectivity index (χ3v) is 4.58. The first-order valence-corrected chi connectivity index (χ1v) is 8.39. The molecule has 0 radical (unpaired) electrons. The second kappa shape index (κ2) is 7.32. The van der Waals surface area contributed by atoms with Crippen LogP contribution in [0.4, 0.5) is 21.2 Å². The van der Waals surface area contributed by atoms with Crippen molar-refractivity contribution in [2.24, 2.45) is 0 Å². The molecule has 3 rings (SSSR count). The average molecular weight is 405 g/mol. The lowest BCUT2D eigenvalue weighted by Gasteiger charge is -2.07. The van der Waals surface area contributed by atoms with E-state index in [0.29, 0.717) is 9.55 Å². The number of nitro groups is 1. The Hall–Kier alpha value is -4.00. The number of carboxylic acids is 1. The van der Waals surface area contributed by atoms with Gasteiger partial charge in [-0.15, -0.1) is 11.3 Å². The Morgan fingerprint density at radius 2 is 1.89 bits per heavy atom. The van der Waals surface area contributed by atoms with Gasteiger partial charge in [-0.05, 0) is 12.1 Å². The molecule has 4 N–H and O–H groups in total. The largest absolute Gasteiger partial charge is 0.478 e. The SMILES string of the molecule is O=C(NCc1cc(C(=O)O)c(Nn2c(=O)c2=O)s1)Nc1ccccc1[N+](=O)[O-]. The number of nitro benzene ring substituents is 1. The highest BCUT2D eigenvalue weighted by Crippen LogP contribution is 2.28. The van der Waals surface area contributed by atoms with Gasteiger partial charge in [-0.25, -0.2) is 9.59 Å². The van der Waals surface area contributed by atoms with Gasteiger partial charge in [-0.3, -0.25) is 25.1 Å². The summed E-state index contributed by atoms with van der Waals surface area (Å²) in [7, 11) is 0. The number of amides is 2. The summed E-state index contributed by atoms with van der Waals surface area (Å²) in [6, 6.07) is 6.13. The molecular formula is C15H11N5O7S. The Morgan fingerprint density at radius 1 is 1.21 bits per heavy atom. The van der Waals surface area contributed by atoms with E-state index in [2.05, 4.69) is 16.1 Å². The standard InChI is InChI=1S/C15H11N5O7S/c21-12-13(22)19(12)18-11-8(14(23)24)5-7(28-11)6-16-15(25)17-9-3-1-2-4-10(9)20(26)27/h1-5,18H,6H2,(H,23,24)(H2,16,17,25). The van der Waals surface area contributed by atoms with Crippen LogP contribution in [0.3, 0.4) is 0 Å². The molecule has 0 saturated carbocycles. The molecule has 0 aliphatic rings. The number of aromatic carboxylic acids is 1. The summed E-state index contributed by atoms with van der Waals surface area (Å²) < 4.78 is 0.663. The number of rotatable bonds is 7. The highest BCUT2D eigenvalue weighted by Gasteiger charge is 2.22. The maximum absolute atomic E-state index is 12.0. The van der Waals surface area contributed by atoms with Crippen LogP contribution in [0.15, 0.2) is 39.9 Å². The van der Waals surface area contributed by atoms with E-state index in [9.17, 15) is 34.4 Å². The van der Waals surface area contributed by atoms with Gasteiger partial charge in [0.05, 0.1) is 17.0 Å². The number of hydrogen-bond acceptors (Lipinski definition) is 8. The number of benzene rings is 1. The van der Waals surface area contributed by atoms with Crippen LogP contribution in [0.1, 0.15) is 15.2 Å². The Morgan fingerprint density at radius 3 is 2.50 bits per heavy atom. The van der Waals surface area contributed by atoms with E-state index in [4.69, 9.17) is 0 Å². The van der Waals surface area contributed by atoms with Gasteiger partial charge in [0.25, 0.3) is 5.69 Å². The summed E-state index contributed by atoms with van der Waals surface area (Å²) in [5, 5.41) is 25.0. The second-order valence-electron chi connectivity index (χ2n) is 5.40. The first-order valence-electron chi connectivity index (χ1n) is 7.57. The number of nitrogens with zero attached hydrogens (tertiary/aromatic N) is 2. The molecule has 0 spiro atoms. The first kappa shape index (κ1) is 18.8. The van der Waals surface area contributed by atoms with E-state index in [1.54, 1.807) is 0 Å². The molecule has 0 aliphatic carbocycles. The molecule has 0 atom stereocenters. The third kappa shape index (κ3) is 3.88. The smallest absolute Gasteiger partial charge is 0.340 e. The van der Waals surface area contributed by atoms with Crippen molar-refractivity contribution in [3.63, 3.8) is 0 Å². The van der Waals surface area contributed by atoms with E-state index in [-0.39, 0.29) is 28.5 Å². The van der Waals surface area contributed by atoms with Gasteiger partial charge in [0, 0.05) is 10.9 Å². The summed E-state index contributed by atoms with van der Waals surface area (Å²) in [6.07, 6.45) is 0. The number of para-hydroxylation sites is 2. The topological polar surface area (TPSA) is 173 Å². The molecule has 1 aromatic carbocycles. The van der Waals surface area contributed by atoms with Crippen LogP contribution in [-0.2, 0) is 6.54 Å². The summed E-state index contributed by atoms with van der Waals surface area (Å²) in [5.74, 6) is -1.28. The quantitative estimate of drug-likeness (QED) is 0.255. The molecule has 0 saturated heterocycles. The van der Waals surface area contributed by atoms with Crippen LogP contribution in [-0.4, -0.2) is 26.7 Å². The molecule has 28 heavy (non-hydrogen) atoms. The molecule has 13 heteroatoms. The van der Waals surface area contributed by atoms with Crippen molar-refractivity contribution in [3.8, 4) is 0 Å². The predicted molar refractivity (Wildman–Crippen MR) is 98.6 cm³/mol. The molecule has 3 aromatic rings. The number of carbonyl (C=O) groups is 2. The van der Waals surface area contributed by atoms with Gasteiger partial charge in [0.1, 0.15) is 10.7 Å². The zero-order valence-electron chi connectivity index (χ0n) is 13.8. The number of urea groups is 1. The van der Waals surface area contributed by atoms with Crippen molar-refractivity contribution < 1.29 is 19.6 Å². The first-order chi connectivity index (χ1) is 13.3. The third-order valence-electron chi connectivity index (χ3n) is 3.54. The number of hydrogen-bond donors (Lipinski definition) is 4. The Balaban J connectivity index is 1.67. The van der Waals surface area contributed by atoms with Crippen molar-refractivity contribution in [1.29, 1.82) is 0 Å². The number of anilines is 2. The molecule has 0 bridgehead atoms. The van der Waals surface area contributed by atoms with Crippen molar-refractivity contribution in [2.45, 2.75) is 6.54 Å². The van der Waals surface area contributed by atoms with E-state index in [1.165, 1.54) is 30.3 Å². The monoisotopic (exact) mass is 405 g/mol. The van der Waals surface area contributed by atoms with Crippen molar-refractivity contribution >= 4 is 39.7 Å². The van der Waals surface area contributed by atoms with Gasteiger partial charge in [-0.2, -0.15) is 4.68 Å². The Labute approximate surface area is 158 Å². The van der Waals surface area contributed by atoms with E-state index in [0.717, 1.165) is 11.3 Å². The zero-order valence-corrected chi connectivity index (χ0v) is 14.6. The number of carboxylic acid groups (broad SMARTS) is 1. The average Bonchev–Trinajstić information content (AvgIpc) is 3.05. The van der Waals surface area contributed by atoms with Crippen molar-refractivity contribution in [2.75, 3.05) is 10.7 Å². The van der Waals surface area contributed by atoms with Gasteiger partial charge in [0.2, 0.25) is 0 Å². The molecule has 144 valence electrons. The lowest BCUT2D eigenvalue weighted by molar-refractivity contribution is -0.383. The van der Waals surface area contributed by atoms with Crippen LogP contribution in [0.2, 0.25) is 0 Å². The van der Waals surface area contributed by atoms with Crippen molar-refractivity contribution in [1.82, 2.24) is 9.99 Å². The lowest BCUT2D eigenvalue weighted by atomic mass is 10.2. The molecule has 2 amide bonds. The minimum atomic E-state index is -1.28. The van der Waals surface area contributed by atoms with Gasteiger partial charge >= 0.3 is 23.1 Å². The Bertz CT molecular complexity index is 1130. The van der Waals surface area contributed by atoms with Crippen LogP contribution in [0, 0.1) is 10.1 Å². The fourth-order valence-electron chi connectivity index (χ4n) is 2.18. The van der Waals surface area contributed by atoms with Crippen LogP contribution < -0.4 is 27.2 Å². The Kier molecular flexibility index (Phi) is 4.91. The fraction of sp³-hybridized carbons (Fsp3) is 0.0667.